The second-order valence-electron chi connectivity index (χ2n) is 18.7. The van der Waals surface area contributed by atoms with E-state index in [4.69, 9.17) is 0 Å². The van der Waals surface area contributed by atoms with Crippen LogP contribution in [0.25, 0.3) is 10.8 Å². The fraction of sp³-hybridized carbons (Fsp3) is 0.172. The smallest absolute Gasteiger partial charge is 0.0638 e. The first-order valence-corrected chi connectivity index (χ1v) is 23.7. The Morgan fingerprint density at radius 2 is 0.746 bits per heavy atom. The zero-order chi connectivity index (χ0) is 46.8. The summed E-state index contributed by atoms with van der Waals surface area (Å²) in [6, 6.07) is 67.4. The molecule has 3 heteroatoms. The molecule has 0 spiro atoms. The van der Waals surface area contributed by atoms with Gasteiger partial charge in [-0.1, -0.05) is 126 Å². The van der Waals surface area contributed by atoms with Crippen LogP contribution >= 0.6 is 0 Å². The van der Waals surface area contributed by atoms with Crippen molar-refractivity contribution >= 4 is 44.9 Å². The summed E-state index contributed by atoms with van der Waals surface area (Å²) in [6.07, 6.45) is 0. The normalized spacial score (nSPS) is 11.2. The number of benzene rings is 9. The predicted molar refractivity (Wildman–Crippen MR) is 287 cm³/mol. The van der Waals surface area contributed by atoms with Crippen LogP contribution in [0.15, 0.2) is 182 Å². The van der Waals surface area contributed by atoms with E-state index in [1.165, 1.54) is 94.8 Å². The molecule has 67 heavy (non-hydrogen) atoms. The van der Waals surface area contributed by atoms with Gasteiger partial charge in [0.05, 0.1) is 39.7 Å². The van der Waals surface area contributed by atoms with Crippen molar-refractivity contribution in [2.75, 3.05) is 15.1 Å². The first kappa shape index (κ1) is 44.7. The highest BCUT2D eigenvalue weighted by Gasteiger charge is 2.28. The van der Waals surface area contributed by atoms with Gasteiger partial charge >= 0.3 is 0 Å². The third kappa shape index (κ3) is 9.46. The van der Waals surface area contributed by atoms with Crippen LogP contribution in [-0.2, 0) is 13.1 Å². The third-order valence-electron chi connectivity index (χ3n) is 13.2. The Bertz CT molecular complexity index is 2970. The highest BCUT2D eigenvalue weighted by atomic mass is 15.1. The summed E-state index contributed by atoms with van der Waals surface area (Å²) >= 11 is 0. The fourth-order valence-electron chi connectivity index (χ4n) is 10.6. The lowest BCUT2D eigenvalue weighted by atomic mass is 9.82. The molecule has 9 aromatic rings. The van der Waals surface area contributed by atoms with E-state index >= 15 is 0 Å². The molecule has 0 bridgehead atoms. The van der Waals surface area contributed by atoms with E-state index in [1.54, 1.807) is 0 Å². The summed E-state index contributed by atoms with van der Waals surface area (Å²) in [6.45, 7) is 21.4. The molecule has 0 atom stereocenters. The summed E-state index contributed by atoms with van der Waals surface area (Å²) in [7, 11) is 0. The molecule has 0 heterocycles. The van der Waals surface area contributed by atoms with Gasteiger partial charge in [0.15, 0.2) is 0 Å². The lowest BCUT2D eigenvalue weighted by Crippen LogP contribution is -2.19. The molecule has 0 aliphatic heterocycles. The first-order valence-electron chi connectivity index (χ1n) is 23.7. The number of nitrogens with zero attached hydrogens (tertiary/aromatic N) is 2. The van der Waals surface area contributed by atoms with Gasteiger partial charge in [-0.15, -0.1) is 0 Å². The van der Waals surface area contributed by atoms with Crippen molar-refractivity contribution in [3.63, 3.8) is 0 Å². The monoisotopic (exact) mass is 872 g/mol. The van der Waals surface area contributed by atoms with Gasteiger partial charge in [0.1, 0.15) is 0 Å². The van der Waals surface area contributed by atoms with Gasteiger partial charge < -0.3 is 15.1 Å². The van der Waals surface area contributed by atoms with Crippen LogP contribution in [0.3, 0.4) is 0 Å². The number of hydrogen-bond donors (Lipinski definition) is 1. The summed E-state index contributed by atoms with van der Waals surface area (Å²) in [5.74, 6) is 1.19. The van der Waals surface area contributed by atoms with Gasteiger partial charge in [0, 0.05) is 40.9 Å². The molecule has 0 aliphatic rings. The number of nitrogens with one attached hydrogen (secondary N) is 1. The van der Waals surface area contributed by atoms with E-state index in [0.717, 1.165) is 47.0 Å². The van der Waals surface area contributed by atoms with Crippen LogP contribution in [0.2, 0.25) is 0 Å². The molecule has 0 amide bonds. The molecule has 9 aromatic carbocycles. The Morgan fingerprint density at radius 1 is 0.373 bits per heavy atom. The van der Waals surface area contributed by atoms with Crippen LogP contribution < -0.4 is 15.1 Å². The minimum atomic E-state index is 0.765. The summed E-state index contributed by atoms with van der Waals surface area (Å²) in [4.78, 5) is 4.97. The first-order chi connectivity index (χ1) is 32.4. The molecule has 0 unspecified atom stereocenters. The molecule has 0 saturated carbocycles. The molecule has 0 aliphatic carbocycles. The lowest BCUT2D eigenvalue weighted by Gasteiger charge is -2.29. The topological polar surface area (TPSA) is 18.5 Å². The van der Waals surface area contributed by atoms with Crippen molar-refractivity contribution in [1.82, 2.24) is 0 Å². The summed E-state index contributed by atoms with van der Waals surface area (Å²) in [5, 5.41) is 6.26. The molecule has 0 aromatic heterocycles. The lowest BCUT2D eigenvalue weighted by molar-refractivity contribution is 0.959. The molecule has 3 nitrogen and oxygen atoms in total. The summed E-state index contributed by atoms with van der Waals surface area (Å²) < 4.78 is 0. The van der Waals surface area contributed by atoms with E-state index in [0.29, 0.717) is 0 Å². The zero-order valence-electron chi connectivity index (χ0n) is 40.6. The SMILES string of the molecule is Cc1cc(C)c(Nc2ccc([C+](c3ccc(N(Cc4ccccc4)c4c(C)cc(C)cc4C)cc3)c3ccc(N(Cc4ccccc4)c4c(C)cc(C)cc4C)cc3)c3ccccc23)c(C)c1. The van der Waals surface area contributed by atoms with Crippen molar-refractivity contribution in [3.8, 4) is 0 Å². The van der Waals surface area contributed by atoms with E-state index in [1.807, 2.05) is 0 Å². The highest BCUT2D eigenvalue weighted by Crippen LogP contribution is 2.42. The van der Waals surface area contributed by atoms with Crippen molar-refractivity contribution in [3.05, 3.63) is 266 Å². The quantitative estimate of drug-likeness (QED) is 0.0920. The van der Waals surface area contributed by atoms with Crippen LogP contribution in [0.1, 0.15) is 77.9 Å². The average molecular weight is 873 g/mol. The Hall–Kier alpha value is -7.49. The van der Waals surface area contributed by atoms with Crippen LogP contribution in [0.5, 0.6) is 0 Å². The zero-order valence-corrected chi connectivity index (χ0v) is 40.6. The van der Waals surface area contributed by atoms with Crippen LogP contribution in [0.4, 0.5) is 34.1 Å². The van der Waals surface area contributed by atoms with Crippen molar-refractivity contribution in [2.45, 2.75) is 75.4 Å². The van der Waals surface area contributed by atoms with Gasteiger partial charge in [-0.25, -0.2) is 0 Å². The number of rotatable bonds is 13. The minimum absolute atomic E-state index is 0.765. The van der Waals surface area contributed by atoms with Gasteiger partial charge in [0.2, 0.25) is 0 Å². The summed E-state index contributed by atoms with van der Waals surface area (Å²) in [5.41, 5.74) is 24.6. The van der Waals surface area contributed by atoms with Crippen LogP contribution in [0, 0.1) is 68.2 Å². The molecule has 0 fully saturated rings. The predicted octanol–water partition coefficient (Wildman–Crippen LogP) is 17.1. The highest BCUT2D eigenvalue weighted by molar-refractivity contribution is 6.00. The number of anilines is 6. The maximum atomic E-state index is 3.87. The molecule has 0 saturated heterocycles. The molecule has 332 valence electrons. The molecular weight excluding hydrogens is 811 g/mol. The van der Waals surface area contributed by atoms with Crippen LogP contribution in [-0.4, -0.2) is 0 Å². The standard InChI is InChI=1S/C64H62N3/c1-42-34-45(4)62(46(5)35-42)65-60-33-32-59(57-22-16-17-23-58(57)60)61(53-24-28-55(29-25-53)66(40-51-18-12-10-13-19-51)63-47(6)36-43(2)37-48(63)7)54-26-30-56(31-27-54)67(41-52-20-14-11-15-21-52)64-49(8)38-44(3)39-50(64)9/h10-39,65H,40-41H2,1-9H3/q+1. The van der Waals surface area contributed by atoms with Crippen molar-refractivity contribution in [1.29, 1.82) is 0 Å². The van der Waals surface area contributed by atoms with Crippen molar-refractivity contribution < 1.29 is 0 Å². The van der Waals surface area contributed by atoms with E-state index < -0.39 is 0 Å². The van der Waals surface area contributed by atoms with Crippen molar-refractivity contribution in [2.24, 2.45) is 0 Å². The minimum Gasteiger partial charge on any atom is -0.354 e. The molecule has 1 N–H and O–H groups in total. The Balaban J connectivity index is 1.18. The van der Waals surface area contributed by atoms with Gasteiger partial charge in [-0.2, -0.15) is 0 Å². The van der Waals surface area contributed by atoms with Gasteiger partial charge in [0.25, 0.3) is 0 Å². The van der Waals surface area contributed by atoms with E-state index in [2.05, 4.69) is 259 Å². The van der Waals surface area contributed by atoms with Gasteiger partial charge in [-0.3, -0.25) is 0 Å². The maximum absolute atomic E-state index is 3.87. The molecule has 0 radical (unpaired) electrons. The molecular formula is C64H62N3+. The van der Waals surface area contributed by atoms with E-state index in [-0.39, 0.29) is 0 Å². The molecule has 9 rings (SSSR count). The van der Waals surface area contributed by atoms with E-state index in [9.17, 15) is 0 Å². The number of fused-ring (bicyclic) bond motifs is 1. The second kappa shape index (κ2) is 19.2. The second-order valence-corrected chi connectivity index (χ2v) is 18.7. The third-order valence-corrected chi connectivity index (χ3v) is 13.2. The average Bonchev–Trinajstić information content (AvgIpc) is 3.30. The fourth-order valence-corrected chi connectivity index (χ4v) is 10.6. The number of aryl methyl sites for hydroxylation is 9. The Kier molecular flexibility index (Phi) is 12.8. The largest absolute Gasteiger partial charge is 0.354 e. The van der Waals surface area contributed by atoms with Gasteiger partial charge in [-0.05, 0) is 180 Å². The Morgan fingerprint density at radius 3 is 1.16 bits per heavy atom. The maximum Gasteiger partial charge on any atom is 0.0638 e. The Labute approximate surface area is 399 Å². The number of hydrogen-bond acceptors (Lipinski definition) is 3.